The lowest BCUT2D eigenvalue weighted by Crippen LogP contribution is -1.95. The molecule has 2 rings (SSSR count). The van der Waals surface area contributed by atoms with Crippen molar-refractivity contribution in [1.29, 1.82) is 0 Å². The van der Waals surface area contributed by atoms with E-state index < -0.39 is 4.92 Å². The summed E-state index contributed by atoms with van der Waals surface area (Å²) in [5, 5.41) is 13.2. The molecule has 0 heterocycles. The average Bonchev–Trinajstić information content (AvgIpc) is 2.41. The van der Waals surface area contributed by atoms with E-state index in [0.29, 0.717) is 10.2 Å². The third-order valence-electron chi connectivity index (χ3n) is 2.31. The van der Waals surface area contributed by atoms with Crippen LogP contribution in [0.25, 0.3) is 0 Å². The Kier molecular flexibility index (Phi) is 6.14. The third-order valence-corrected chi connectivity index (χ3v) is 2.80. The van der Waals surface area contributed by atoms with Crippen LogP contribution in [0.4, 0.5) is 11.4 Å². The molecule has 0 aliphatic heterocycles. The first-order valence-electron chi connectivity index (χ1n) is 5.58. The maximum Gasteiger partial charge on any atom is 0.293 e. The number of nitro benzene ring substituents is 1. The maximum absolute atomic E-state index is 10.5. The van der Waals surface area contributed by atoms with Crippen molar-refractivity contribution in [3.05, 3.63) is 57.1 Å². The fourth-order valence-electron chi connectivity index (χ4n) is 1.41. The van der Waals surface area contributed by atoms with Crippen LogP contribution in [-0.2, 0) is 0 Å². The van der Waals surface area contributed by atoms with E-state index in [9.17, 15) is 10.1 Å². The summed E-state index contributed by atoms with van der Waals surface area (Å²) in [6, 6.07) is 4.87. The van der Waals surface area contributed by atoms with Gasteiger partial charge in [0.1, 0.15) is 5.69 Å². The fourth-order valence-corrected chi connectivity index (χ4v) is 1.76. The molecule has 0 bridgehead atoms. The Balaban J connectivity index is 0.000000225. The zero-order valence-electron chi connectivity index (χ0n) is 10.1. The highest BCUT2D eigenvalue weighted by Gasteiger charge is 2.11. The van der Waals surface area contributed by atoms with Crippen LogP contribution in [0.3, 0.4) is 0 Å². The molecule has 1 N–H and O–H groups in total. The van der Waals surface area contributed by atoms with E-state index in [0.717, 1.165) is 0 Å². The van der Waals surface area contributed by atoms with Crippen molar-refractivity contribution in [2.75, 3.05) is 12.4 Å². The number of allylic oxidation sites excluding steroid dienone is 4. The van der Waals surface area contributed by atoms with Crippen LogP contribution in [0.2, 0.25) is 0 Å². The largest absolute Gasteiger partial charge is 0.383 e. The molecule has 0 spiro atoms. The normalized spacial score (nSPS) is 12.6. The molecule has 0 saturated heterocycles. The Morgan fingerprint density at radius 2 is 1.89 bits per heavy atom. The van der Waals surface area contributed by atoms with Crippen molar-refractivity contribution in [2.45, 2.75) is 12.8 Å². The summed E-state index contributed by atoms with van der Waals surface area (Å²) in [6.45, 7) is 0. The Bertz CT molecular complexity index is 458. The van der Waals surface area contributed by atoms with Crippen LogP contribution in [0, 0.1) is 10.1 Å². The second-order valence-electron chi connectivity index (χ2n) is 3.60. The van der Waals surface area contributed by atoms with Crippen molar-refractivity contribution in [2.24, 2.45) is 0 Å². The van der Waals surface area contributed by atoms with Gasteiger partial charge in [-0.15, -0.1) is 0 Å². The van der Waals surface area contributed by atoms with Gasteiger partial charge >= 0.3 is 0 Å². The molecule has 1 aromatic rings. The molecule has 0 fully saturated rings. The van der Waals surface area contributed by atoms with E-state index in [2.05, 4.69) is 45.6 Å². The van der Waals surface area contributed by atoms with Gasteiger partial charge < -0.3 is 5.32 Å². The van der Waals surface area contributed by atoms with Gasteiger partial charge in [-0.05, 0) is 25.0 Å². The third kappa shape index (κ3) is 4.71. The van der Waals surface area contributed by atoms with E-state index >= 15 is 0 Å². The zero-order chi connectivity index (χ0) is 13.4. The minimum atomic E-state index is -0.420. The van der Waals surface area contributed by atoms with Crippen LogP contribution in [0.15, 0.2) is 47.0 Å². The number of nitrogens with one attached hydrogen (secondary N) is 1. The van der Waals surface area contributed by atoms with Gasteiger partial charge in [-0.25, -0.2) is 0 Å². The highest BCUT2D eigenvalue weighted by atomic mass is 79.9. The summed E-state index contributed by atoms with van der Waals surface area (Å²) >= 11 is 3.16. The second kappa shape index (κ2) is 7.66. The molecule has 0 amide bonds. The predicted molar refractivity (Wildman–Crippen MR) is 77.9 cm³/mol. The van der Waals surface area contributed by atoms with Gasteiger partial charge in [0.25, 0.3) is 5.69 Å². The Hall–Kier alpha value is -1.62. The smallest absolute Gasteiger partial charge is 0.293 e. The molecule has 1 aliphatic carbocycles. The van der Waals surface area contributed by atoms with Gasteiger partial charge in [0.05, 0.1) is 4.92 Å². The number of nitro groups is 1. The molecule has 18 heavy (non-hydrogen) atoms. The summed E-state index contributed by atoms with van der Waals surface area (Å²) in [5.74, 6) is 0. The first kappa shape index (κ1) is 14.4. The van der Waals surface area contributed by atoms with Crippen molar-refractivity contribution >= 4 is 27.3 Å². The lowest BCUT2D eigenvalue weighted by Gasteiger charge is -2.00. The summed E-state index contributed by atoms with van der Waals surface area (Å²) in [4.78, 5) is 10.1. The molecule has 4 nitrogen and oxygen atoms in total. The van der Waals surface area contributed by atoms with Crippen molar-refractivity contribution in [1.82, 2.24) is 0 Å². The summed E-state index contributed by atoms with van der Waals surface area (Å²) in [5.41, 5.74) is 0.593. The quantitative estimate of drug-likeness (QED) is 0.655. The molecule has 0 atom stereocenters. The van der Waals surface area contributed by atoms with Crippen LogP contribution >= 0.6 is 15.9 Å². The highest BCUT2D eigenvalue weighted by Crippen LogP contribution is 2.27. The maximum atomic E-state index is 10.5. The number of anilines is 1. The number of benzene rings is 1. The first-order chi connectivity index (χ1) is 8.65. The van der Waals surface area contributed by atoms with Crippen LogP contribution < -0.4 is 5.32 Å². The van der Waals surface area contributed by atoms with Crippen molar-refractivity contribution in [3.63, 3.8) is 0 Å². The van der Waals surface area contributed by atoms with Crippen LogP contribution in [-0.4, -0.2) is 12.0 Å². The Morgan fingerprint density at radius 1 is 1.28 bits per heavy atom. The second-order valence-corrected chi connectivity index (χ2v) is 4.52. The van der Waals surface area contributed by atoms with E-state index in [1.807, 2.05) is 0 Å². The molecule has 96 valence electrons. The van der Waals surface area contributed by atoms with E-state index in [-0.39, 0.29) is 5.69 Å². The summed E-state index contributed by atoms with van der Waals surface area (Å²) in [7, 11) is 1.65. The average molecular weight is 311 g/mol. The molecule has 0 unspecified atom stereocenters. The fraction of sp³-hybridized carbons (Fsp3) is 0.231. The van der Waals surface area contributed by atoms with E-state index in [1.54, 1.807) is 19.2 Å². The molecule has 0 aromatic heterocycles. The summed E-state index contributed by atoms with van der Waals surface area (Å²) in [6.07, 6.45) is 11.0. The predicted octanol–water partition coefficient (Wildman–Crippen LogP) is 4.29. The van der Waals surface area contributed by atoms with Crippen molar-refractivity contribution < 1.29 is 4.92 Å². The minimum absolute atomic E-state index is 0.0758. The topological polar surface area (TPSA) is 55.2 Å². The molecular weight excluding hydrogens is 296 g/mol. The zero-order valence-corrected chi connectivity index (χ0v) is 11.7. The molecule has 0 saturated carbocycles. The number of halogens is 1. The number of rotatable bonds is 2. The van der Waals surface area contributed by atoms with E-state index in [1.165, 1.54) is 18.9 Å². The Morgan fingerprint density at radius 3 is 2.28 bits per heavy atom. The highest BCUT2D eigenvalue weighted by molar-refractivity contribution is 9.10. The monoisotopic (exact) mass is 310 g/mol. The molecule has 1 aliphatic rings. The van der Waals surface area contributed by atoms with Gasteiger partial charge in [-0.3, -0.25) is 10.1 Å². The van der Waals surface area contributed by atoms with Gasteiger partial charge in [0.2, 0.25) is 0 Å². The van der Waals surface area contributed by atoms with Crippen LogP contribution in [0.5, 0.6) is 0 Å². The number of hydrogen-bond donors (Lipinski definition) is 1. The summed E-state index contributed by atoms with van der Waals surface area (Å²) < 4.78 is 0.702. The molecular formula is C13H15BrN2O2. The molecule has 0 radical (unpaired) electrons. The van der Waals surface area contributed by atoms with Gasteiger partial charge in [0.15, 0.2) is 0 Å². The SMILES string of the molecule is C1=CCCC=C1.CNc1ccc(Br)cc1[N+](=O)[O-]. The van der Waals surface area contributed by atoms with Gasteiger partial charge in [-0.1, -0.05) is 40.2 Å². The lowest BCUT2D eigenvalue weighted by molar-refractivity contribution is -0.384. The first-order valence-corrected chi connectivity index (χ1v) is 6.38. The number of nitrogens with zero attached hydrogens (tertiary/aromatic N) is 1. The van der Waals surface area contributed by atoms with E-state index in [4.69, 9.17) is 0 Å². The van der Waals surface area contributed by atoms with Gasteiger partial charge in [0, 0.05) is 17.6 Å². The minimum Gasteiger partial charge on any atom is -0.383 e. The standard InChI is InChI=1S/C7H7BrN2O2.C6H8/c1-9-6-3-2-5(8)4-7(6)10(11)12;1-2-4-6-5-3-1/h2-4,9H,1H3;1-4H,5-6H2. The number of hydrogen-bond acceptors (Lipinski definition) is 3. The molecule has 1 aromatic carbocycles. The Labute approximate surface area is 115 Å². The van der Waals surface area contributed by atoms with Crippen LogP contribution in [0.1, 0.15) is 12.8 Å². The van der Waals surface area contributed by atoms with Crippen molar-refractivity contribution in [3.8, 4) is 0 Å². The lowest BCUT2D eigenvalue weighted by atomic mass is 10.2. The van der Waals surface area contributed by atoms with Gasteiger partial charge in [-0.2, -0.15) is 0 Å². The molecule has 5 heteroatoms.